The molecule has 0 radical (unpaired) electrons. The van der Waals surface area contributed by atoms with Crippen LogP contribution in [-0.4, -0.2) is 18.9 Å². The third-order valence-corrected chi connectivity index (χ3v) is 6.52. The molecule has 0 spiro atoms. The van der Waals surface area contributed by atoms with Crippen LogP contribution in [0, 0.1) is 6.92 Å². The molecule has 1 atom stereocenters. The largest absolute Gasteiger partial charge is 0.497 e. The van der Waals surface area contributed by atoms with E-state index >= 15 is 0 Å². The lowest BCUT2D eigenvalue weighted by Gasteiger charge is -2.25. The Bertz CT molecular complexity index is 1660. The summed E-state index contributed by atoms with van der Waals surface area (Å²) in [6, 6.07) is 15.7. The Balaban J connectivity index is 1.48. The fourth-order valence-corrected chi connectivity index (χ4v) is 4.72. The number of esters is 1. The molecule has 7 heteroatoms. The van der Waals surface area contributed by atoms with E-state index in [9.17, 15) is 14.4 Å². The van der Waals surface area contributed by atoms with Crippen LogP contribution in [0.2, 0.25) is 0 Å². The van der Waals surface area contributed by atoms with Gasteiger partial charge in [-0.3, -0.25) is 14.4 Å². The van der Waals surface area contributed by atoms with Crippen LogP contribution in [0.4, 0.5) is 0 Å². The molecule has 3 aromatic carbocycles. The van der Waals surface area contributed by atoms with E-state index in [1.165, 1.54) is 6.26 Å². The highest BCUT2D eigenvalue weighted by molar-refractivity contribution is 6.15. The standard InChI is InChI=1S/C29H20O7/c1-15-3-9-22-20(11-15)27(31)21(14-34-22)19-13-25(30)35-23-10-8-18-28(32)24(36-29(18)26(19)23)12-16-4-6-17(33-2)7-5-16/h3-12,14,19H,13H2,1-2H3/b24-12-/t19-/m0/s1. The summed E-state index contributed by atoms with van der Waals surface area (Å²) in [7, 11) is 1.58. The second-order valence-corrected chi connectivity index (χ2v) is 8.82. The van der Waals surface area contributed by atoms with Gasteiger partial charge in [0.05, 0.1) is 30.7 Å². The van der Waals surface area contributed by atoms with Crippen LogP contribution in [-0.2, 0) is 4.79 Å². The fourth-order valence-electron chi connectivity index (χ4n) is 4.72. The maximum absolute atomic E-state index is 13.5. The molecule has 0 saturated carbocycles. The summed E-state index contributed by atoms with van der Waals surface area (Å²) < 4.78 is 22.5. The molecular formula is C29H20O7. The van der Waals surface area contributed by atoms with E-state index in [2.05, 4.69) is 0 Å². The lowest BCUT2D eigenvalue weighted by molar-refractivity contribution is -0.135. The van der Waals surface area contributed by atoms with Crippen LogP contribution in [0.1, 0.15) is 45.0 Å². The van der Waals surface area contributed by atoms with Crippen molar-refractivity contribution in [3.63, 3.8) is 0 Å². The first kappa shape index (κ1) is 21.9. The molecule has 2 aliphatic rings. The van der Waals surface area contributed by atoms with Crippen LogP contribution < -0.4 is 19.6 Å². The molecule has 0 unspecified atom stereocenters. The molecular weight excluding hydrogens is 460 g/mol. The number of rotatable bonds is 3. The van der Waals surface area contributed by atoms with Crippen molar-refractivity contribution in [1.29, 1.82) is 0 Å². The van der Waals surface area contributed by atoms with Gasteiger partial charge in [0.1, 0.15) is 22.8 Å². The van der Waals surface area contributed by atoms with Crippen molar-refractivity contribution in [3.8, 4) is 17.2 Å². The summed E-state index contributed by atoms with van der Waals surface area (Å²) in [5, 5.41) is 0.428. The summed E-state index contributed by atoms with van der Waals surface area (Å²) in [6.07, 6.45) is 2.95. The average Bonchev–Trinajstić information content (AvgIpc) is 3.19. The molecule has 7 nitrogen and oxygen atoms in total. The van der Waals surface area contributed by atoms with E-state index in [0.717, 1.165) is 11.1 Å². The Kier molecular flexibility index (Phi) is 5.00. The molecule has 0 saturated heterocycles. The Morgan fingerprint density at radius 2 is 1.78 bits per heavy atom. The van der Waals surface area contributed by atoms with Crippen LogP contribution in [0.25, 0.3) is 17.0 Å². The number of allylic oxidation sites excluding steroid dienone is 1. The van der Waals surface area contributed by atoms with E-state index in [1.807, 2.05) is 25.1 Å². The van der Waals surface area contributed by atoms with E-state index in [4.69, 9.17) is 18.6 Å². The smallest absolute Gasteiger partial charge is 0.312 e. The van der Waals surface area contributed by atoms with Gasteiger partial charge in [0.25, 0.3) is 0 Å². The number of hydrogen-bond donors (Lipinski definition) is 0. The van der Waals surface area contributed by atoms with Gasteiger partial charge >= 0.3 is 5.97 Å². The van der Waals surface area contributed by atoms with Gasteiger partial charge in [0.15, 0.2) is 11.2 Å². The van der Waals surface area contributed by atoms with Gasteiger partial charge in [-0.15, -0.1) is 0 Å². The van der Waals surface area contributed by atoms with Gasteiger partial charge in [-0.25, -0.2) is 0 Å². The number of carbonyl (C=O) groups excluding carboxylic acids is 2. The van der Waals surface area contributed by atoms with Crippen molar-refractivity contribution in [2.75, 3.05) is 7.11 Å². The van der Waals surface area contributed by atoms with Crippen molar-refractivity contribution in [3.05, 3.63) is 105 Å². The number of carbonyl (C=O) groups is 2. The molecule has 0 amide bonds. The minimum atomic E-state index is -0.689. The number of ether oxygens (including phenoxy) is 3. The lowest BCUT2D eigenvalue weighted by Crippen LogP contribution is -2.25. The first-order valence-electron chi connectivity index (χ1n) is 11.4. The van der Waals surface area contributed by atoms with Crippen molar-refractivity contribution in [2.24, 2.45) is 0 Å². The lowest BCUT2D eigenvalue weighted by atomic mass is 9.85. The van der Waals surface area contributed by atoms with Crippen molar-refractivity contribution < 1.29 is 28.2 Å². The zero-order valence-corrected chi connectivity index (χ0v) is 19.5. The quantitative estimate of drug-likeness (QED) is 0.227. The highest BCUT2D eigenvalue weighted by Gasteiger charge is 2.39. The first-order valence-corrected chi connectivity index (χ1v) is 11.4. The fraction of sp³-hybridized carbons (Fsp3) is 0.138. The second kappa shape index (κ2) is 8.23. The summed E-state index contributed by atoms with van der Waals surface area (Å²) >= 11 is 0. The highest BCUT2D eigenvalue weighted by atomic mass is 16.5. The van der Waals surface area contributed by atoms with Crippen LogP contribution in [0.15, 0.2) is 75.8 Å². The third kappa shape index (κ3) is 3.48. The van der Waals surface area contributed by atoms with Crippen molar-refractivity contribution >= 4 is 28.8 Å². The Labute approximate surface area is 205 Å². The third-order valence-electron chi connectivity index (χ3n) is 6.52. The van der Waals surface area contributed by atoms with Crippen molar-refractivity contribution in [2.45, 2.75) is 19.3 Å². The number of aryl methyl sites for hydroxylation is 1. The summed E-state index contributed by atoms with van der Waals surface area (Å²) in [5.41, 5.74) is 3.04. The Morgan fingerprint density at radius 3 is 2.56 bits per heavy atom. The van der Waals surface area contributed by atoms with E-state index in [-0.39, 0.29) is 29.1 Å². The monoisotopic (exact) mass is 480 g/mol. The zero-order chi connectivity index (χ0) is 25.0. The van der Waals surface area contributed by atoms with Gasteiger partial charge < -0.3 is 18.6 Å². The van der Waals surface area contributed by atoms with Crippen LogP contribution in [0.5, 0.6) is 17.2 Å². The first-order chi connectivity index (χ1) is 17.4. The minimum Gasteiger partial charge on any atom is -0.497 e. The molecule has 0 N–H and O–H groups in total. The highest BCUT2D eigenvalue weighted by Crippen LogP contribution is 2.48. The number of ketones is 1. The maximum atomic E-state index is 13.5. The van der Waals surface area contributed by atoms with Crippen LogP contribution in [0.3, 0.4) is 0 Å². The van der Waals surface area contributed by atoms with Crippen molar-refractivity contribution in [1.82, 2.24) is 0 Å². The van der Waals surface area contributed by atoms with Gasteiger partial charge in [-0.1, -0.05) is 23.8 Å². The second-order valence-electron chi connectivity index (χ2n) is 8.82. The number of benzene rings is 3. The van der Waals surface area contributed by atoms with E-state index < -0.39 is 11.9 Å². The van der Waals surface area contributed by atoms with Gasteiger partial charge in [-0.2, -0.15) is 0 Å². The number of methoxy groups -OCH3 is 1. The SMILES string of the molecule is COc1ccc(/C=C2\Oc3c(ccc4c3[C@H](c3coc5ccc(C)cc5c3=O)CC(=O)O4)C2=O)cc1. The molecule has 4 aromatic rings. The normalized spacial score (nSPS) is 17.5. The molecule has 3 heterocycles. The zero-order valence-electron chi connectivity index (χ0n) is 19.5. The minimum absolute atomic E-state index is 0.0827. The van der Waals surface area contributed by atoms with Gasteiger partial charge in [-0.05, 0) is 55.0 Å². The molecule has 178 valence electrons. The van der Waals surface area contributed by atoms with E-state index in [0.29, 0.717) is 39.2 Å². The predicted octanol–water partition coefficient (Wildman–Crippen LogP) is 5.17. The molecule has 0 aliphatic carbocycles. The molecule has 6 rings (SSSR count). The maximum Gasteiger partial charge on any atom is 0.312 e. The van der Waals surface area contributed by atoms with Crippen LogP contribution >= 0.6 is 0 Å². The van der Waals surface area contributed by atoms with Gasteiger partial charge in [0.2, 0.25) is 5.78 Å². The number of Topliss-reactive ketones (excluding diaryl/α,β-unsaturated/α-hetero) is 1. The van der Waals surface area contributed by atoms with Gasteiger partial charge in [0, 0.05) is 17.0 Å². The summed E-state index contributed by atoms with van der Waals surface area (Å²) in [6.45, 7) is 1.89. The summed E-state index contributed by atoms with van der Waals surface area (Å²) in [4.78, 5) is 39.1. The Morgan fingerprint density at radius 1 is 0.972 bits per heavy atom. The molecule has 0 bridgehead atoms. The number of hydrogen-bond acceptors (Lipinski definition) is 7. The summed E-state index contributed by atoms with van der Waals surface area (Å²) in [5.74, 6) is -0.0705. The molecule has 36 heavy (non-hydrogen) atoms. The molecule has 1 aromatic heterocycles. The predicted molar refractivity (Wildman–Crippen MR) is 132 cm³/mol. The van der Waals surface area contributed by atoms with E-state index in [1.54, 1.807) is 49.6 Å². The topological polar surface area (TPSA) is 92.0 Å². The average molecular weight is 480 g/mol. The molecule has 2 aliphatic heterocycles. The molecule has 0 fully saturated rings. The number of fused-ring (bicyclic) bond motifs is 4. The Hall–Kier alpha value is -4.65.